The summed E-state index contributed by atoms with van der Waals surface area (Å²) in [6.07, 6.45) is 1.61. The van der Waals surface area contributed by atoms with Crippen molar-refractivity contribution in [2.75, 3.05) is 0 Å². The first-order valence-electron chi connectivity index (χ1n) is 4.34. The number of carbonyl (C=O) groups is 1. The number of aromatic nitrogens is 3. The zero-order valence-corrected chi connectivity index (χ0v) is 7.56. The molecule has 0 amide bonds. The fourth-order valence-electron chi connectivity index (χ4n) is 1.66. The Bertz CT molecular complexity index is 542. The molecule has 0 saturated carbocycles. The Balaban J connectivity index is 2.40. The zero-order chi connectivity index (χ0) is 9.71. The van der Waals surface area contributed by atoms with Crippen molar-refractivity contribution < 1.29 is 4.79 Å². The van der Waals surface area contributed by atoms with Gasteiger partial charge < -0.3 is 0 Å². The van der Waals surface area contributed by atoms with Gasteiger partial charge in [0.1, 0.15) is 5.69 Å². The molecular formula is C10H7N3O. The Labute approximate surface area is 80.2 Å². The van der Waals surface area contributed by atoms with Gasteiger partial charge in [-0.25, -0.2) is 9.67 Å². The SMILES string of the molecule is Cc1ccc2c(n1)-n1nccc1C2=O. The van der Waals surface area contributed by atoms with Crippen LogP contribution in [0.3, 0.4) is 0 Å². The third-order valence-corrected chi connectivity index (χ3v) is 2.33. The van der Waals surface area contributed by atoms with E-state index in [1.165, 1.54) is 0 Å². The van der Waals surface area contributed by atoms with E-state index in [2.05, 4.69) is 10.1 Å². The molecule has 1 aliphatic rings. The zero-order valence-electron chi connectivity index (χ0n) is 7.56. The van der Waals surface area contributed by atoms with E-state index in [4.69, 9.17) is 0 Å². The standard InChI is InChI=1S/C10H7N3O/c1-6-2-3-7-9(14)8-4-5-11-13(8)10(7)12-6/h2-5H,1H3. The van der Waals surface area contributed by atoms with Crippen molar-refractivity contribution in [3.8, 4) is 5.82 Å². The van der Waals surface area contributed by atoms with Gasteiger partial charge in [0.05, 0.1) is 11.8 Å². The van der Waals surface area contributed by atoms with E-state index in [9.17, 15) is 4.79 Å². The maximum Gasteiger partial charge on any atom is 0.215 e. The van der Waals surface area contributed by atoms with Crippen LogP contribution in [0.4, 0.5) is 0 Å². The van der Waals surface area contributed by atoms with Crippen LogP contribution in [0.5, 0.6) is 0 Å². The molecule has 3 heterocycles. The number of pyridine rings is 1. The van der Waals surface area contributed by atoms with Crippen LogP contribution in [0, 0.1) is 6.92 Å². The van der Waals surface area contributed by atoms with Crippen LogP contribution in [-0.2, 0) is 0 Å². The van der Waals surface area contributed by atoms with E-state index < -0.39 is 0 Å². The molecule has 1 aliphatic heterocycles. The summed E-state index contributed by atoms with van der Waals surface area (Å²) < 4.78 is 1.59. The predicted molar refractivity (Wildman–Crippen MR) is 49.5 cm³/mol. The number of rotatable bonds is 0. The molecule has 0 fully saturated rings. The van der Waals surface area contributed by atoms with Gasteiger partial charge in [-0.2, -0.15) is 5.10 Å². The summed E-state index contributed by atoms with van der Waals surface area (Å²) >= 11 is 0. The number of fused-ring (bicyclic) bond motifs is 3. The van der Waals surface area contributed by atoms with Gasteiger partial charge in [0.15, 0.2) is 5.82 Å². The van der Waals surface area contributed by atoms with Gasteiger partial charge >= 0.3 is 0 Å². The van der Waals surface area contributed by atoms with E-state index in [0.717, 1.165) is 5.69 Å². The highest BCUT2D eigenvalue weighted by atomic mass is 16.1. The molecule has 2 aromatic heterocycles. The minimum absolute atomic E-state index is 0.00463. The molecule has 0 N–H and O–H groups in total. The van der Waals surface area contributed by atoms with Crippen LogP contribution in [-0.4, -0.2) is 20.5 Å². The predicted octanol–water partition coefficient (Wildman–Crippen LogP) is 1.12. The third-order valence-electron chi connectivity index (χ3n) is 2.33. The molecule has 0 unspecified atom stereocenters. The van der Waals surface area contributed by atoms with E-state index in [1.807, 2.05) is 13.0 Å². The van der Waals surface area contributed by atoms with Crippen molar-refractivity contribution in [1.82, 2.24) is 14.8 Å². The molecule has 0 atom stereocenters. The van der Waals surface area contributed by atoms with Crippen LogP contribution in [0.15, 0.2) is 24.4 Å². The van der Waals surface area contributed by atoms with Crippen molar-refractivity contribution >= 4 is 5.78 Å². The molecule has 4 nitrogen and oxygen atoms in total. The monoisotopic (exact) mass is 185 g/mol. The molecule has 0 spiro atoms. The normalized spacial score (nSPS) is 12.8. The fraction of sp³-hybridized carbons (Fsp3) is 0.100. The largest absolute Gasteiger partial charge is 0.287 e. The molecule has 0 aliphatic carbocycles. The van der Waals surface area contributed by atoms with Crippen molar-refractivity contribution in [3.05, 3.63) is 41.3 Å². The quantitative estimate of drug-likeness (QED) is 0.527. The summed E-state index contributed by atoms with van der Waals surface area (Å²) in [5.41, 5.74) is 2.12. The van der Waals surface area contributed by atoms with Crippen LogP contribution in [0.1, 0.15) is 21.7 Å². The van der Waals surface area contributed by atoms with E-state index in [-0.39, 0.29) is 5.78 Å². The van der Waals surface area contributed by atoms with Crippen LogP contribution < -0.4 is 0 Å². The lowest BCUT2D eigenvalue weighted by molar-refractivity contribution is 0.104. The maximum absolute atomic E-state index is 11.8. The van der Waals surface area contributed by atoms with Crippen molar-refractivity contribution in [3.63, 3.8) is 0 Å². The second kappa shape index (κ2) is 2.29. The first kappa shape index (κ1) is 7.44. The number of hydrogen-bond donors (Lipinski definition) is 0. The molecule has 4 heteroatoms. The van der Waals surface area contributed by atoms with Gasteiger partial charge in [-0.1, -0.05) is 0 Å². The van der Waals surface area contributed by atoms with Crippen LogP contribution >= 0.6 is 0 Å². The third kappa shape index (κ3) is 0.750. The summed E-state index contributed by atoms with van der Waals surface area (Å²) in [7, 11) is 0. The molecule has 0 bridgehead atoms. The molecule has 0 aromatic carbocycles. The van der Waals surface area contributed by atoms with Crippen molar-refractivity contribution in [2.24, 2.45) is 0 Å². The Morgan fingerprint density at radius 1 is 1.29 bits per heavy atom. The average Bonchev–Trinajstić information content (AvgIpc) is 2.71. The van der Waals surface area contributed by atoms with Gasteiger partial charge in [0, 0.05) is 5.69 Å². The topological polar surface area (TPSA) is 47.8 Å². The molecule has 3 rings (SSSR count). The Kier molecular flexibility index (Phi) is 1.21. The maximum atomic E-state index is 11.8. The van der Waals surface area contributed by atoms with Gasteiger partial charge in [-0.05, 0) is 25.1 Å². The van der Waals surface area contributed by atoms with Gasteiger partial charge in [-0.15, -0.1) is 0 Å². The smallest absolute Gasteiger partial charge is 0.215 e. The lowest BCUT2D eigenvalue weighted by atomic mass is 10.1. The molecule has 68 valence electrons. The highest BCUT2D eigenvalue weighted by Crippen LogP contribution is 2.24. The number of hydrogen-bond acceptors (Lipinski definition) is 3. The fourth-order valence-corrected chi connectivity index (χ4v) is 1.66. The minimum atomic E-state index is 0.00463. The van der Waals surface area contributed by atoms with E-state index in [1.54, 1.807) is 23.0 Å². The second-order valence-electron chi connectivity index (χ2n) is 3.28. The highest BCUT2D eigenvalue weighted by molar-refractivity contribution is 6.13. The molecular weight excluding hydrogens is 178 g/mol. The van der Waals surface area contributed by atoms with Crippen molar-refractivity contribution in [2.45, 2.75) is 6.92 Å². The van der Waals surface area contributed by atoms with Crippen LogP contribution in [0.25, 0.3) is 5.82 Å². The summed E-state index contributed by atoms with van der Waals surface area (Å²) in [4.78, 5) is 16.1. The van der Waals surface area contributed by atoms with E-state index >= 15 is 0 Å². The Morgan fingerprint density at radius 2 is 2.14 bits per heavy atom. The summed E-state index contributed by atoms with van der Waals surface area (Å²) in [5.74, 6) is 0.653. The van der Waals surface area contributed by atoms with Gasteiger partial charge in [0.25, 0.3) is 0 Å². The Hall–Kier alpha value is -1.97. The minimum Gasteiger partial charge on any atom is -0.287 e. The lowest BCUT2D eigenvalue weighted by Gasteiger charge is -1.98. The first-order valence-corrected chi connectivity index (χ1v) is 4.34. The summed E-state index contributed by atoms with van der Waals surface area (Å²) in [5, 5.41) is 4.06. The number of nitrogens with zero attached hydrogens (tertiary/aromatic N) is 3. The molecule has 14 heavy (non-hydrogen) atoms. The number of ketones is 1. The molecule has 0 radical (unpaired) electrons. The molecule has 2 aromatic rings. The highest BCUT2D eigenvalue weighted by Gasteiger charge is 2.28. The number of carbonyl (C=O) groups excluding carboxylic acids is 1. The number of aryl methyl sites for hydroxylation is 1. The molecule has 0 saturated heterocycles. The lowest BCUT2D eigenvalue weighted by Crippen LogP contribution is -1.98. The van der Waals surface area contributed by atoms with E-state index in [0.29, 0.717) is 17.1 Å². The summed E-state index contributed by atoms with van der Waals surface area (Å²) in [6, 6.07) is 5.34. The second-order valence-corrected chi connectivity index (χ2v) is 3.28. The van der Waals surface area contributed by atoms with Crippen LogP contribution in [0.2, 0.25) is 0 Å². The Morgan fingerprint density at radius 3 is 3.00 bits per heavy atom. The van der Waals surface area contributed by atoms with Gasteiger partial charge in [-0.3, -0.25) is 4.79 Å². The van der Waals surface area contributed by atoms with Gasteiger partial charge in [0.2, 0.25) is 5.78 Å². The average molecular weight is 185 g/mol. The first-order chi connectivity index (χ1) is 6.77. The van der Waals surface area contributed by atoms with Crippen molar-refractivity contribution in [1.29, 1.82) is 0 Å². The summed E-state index contributed by atoms with van der Waals surface area (Å²) in [6.45, 7) is 1.90.